The Morgan fingerprint density at radius 3 is 2.61 bits per heavy atom. The largest absolute Gasteiger partial charge is 0.481 e. The number of nitrogens with zero attached hydrogens (tertiary/aromatic N) is 2. The summed E-state index contributed by atoms with van der Waals surface area (Å²) in [5.41, 5.74) is 0. The van der Waals surface area contributed by atoms with Gasteiger partial charge in [-0.2, -0.15) is 0 Å². The Labute approximate surface area is 114 Å². The first-order valence-corrected chi connectivity index (χ1v) is 6.74. The molecule has 1 aliphatic rings. The van der Waals surface area contributed by atoms with E-state index in [4.69, 9.17) is 4.42 Å². The molecule has 1 N–H and O–H groups in total. The molecular formula is C12H17BrN2O3. The van der Waals surface area contributed by atoms with E-state index in [1.807, 2.05) is 0 Å². The van der Waals surface area contributed by atoms with Gasteiger partial charge in [-0.05, 0) is 35.1 Å². The van der Waals surface area contributed by atoms with Crippen LogP contribution in [-0.4, -0.2) is 60.6 Å². The smallest absolute Gasteiger partial charge is 0.315 e. The zero-order valence-electron chi connectivity index (χ0n) is 10.3. The summed E-state index contributed by atoms with van der Waals surface area (Å²) in [5, 5.41) is 9.31. The predicted molar refractivity (Wildman–Crippen MR) is 70.7 cm³/mol. The Morgan fingerprint density at radius 2 is 2.11 bits per heavy atom. The average molecular weight is 317 g/mol. The standard InChI is InChI=1S/C12H17BrN2O3/c1-14-4-6-15(7-5-14)8-9(12(16)17)10-2-3-11(13)18-10/h2-3,9H,4-8H2,1H3,(H,16,17). The molecule has 1 atom stereocenters. The van der Waals surface area contributed by atoms with Crippen LogP contribution in [0.1, 0.15) is 11.7 Å². The van der Waals surface area contributed by atoms with E-state index in [9.17, 15) is 9.90 Å². The van der Waals surface area contributed by atoms with Gasteiger partial charge in [-0.3, -0.25) is 9.69 Å². The fourth-order valence-corrected chi connectivity index (χ4v) is 2.41. The molecule has 2 heterocycles. The third-order valence-electron chi connectivity index (χ3n) is 3.27. The highest BCUT2D eigenvalue weighted by Gasteiger charge is 2.27. The number of carboxylic acid groups (broad SMARTS) is 1. The van der Waals surface area contributed by atoms with Gasteiger partial charge in [-0.1, -0.05) is 0 Å². The normalized spacial score (nSPS) is 19.9. The van der Waals surface area contributed by atoms with Gasteiger partial charge in [0.1, 0.15) is 11.7 Å². The molecule has 100 valence electrons. The first-order chi connectivity index (χ1) is 8.56. The van der Waals surface area contributed by atoms with Crippen LogP contribution in [-0.2, 0) is 4.79 Å². The number of furan rings is 1. The summed E-state index contributed by atoms with van der Waals surface area (Å²) in [6.07, 6.45) is 0. The van der Waals surface area contributed by atoms with Crippen molar-refractivity contribution in [2.75, 3.05) is 39.8 Å². The summed E-state index contributed by atoms with van der Waals surface area (Å²) in [6, 6.07) is 3.45. The minimum absolute atomic E-state index is 0.503. The Kier molecular flexibility index (Phi) is 4.42. The molecule has 1 aromatic heterocycles. The molecule has 0 bridgehead atoms. The lowest BCUT2D eigenvalue weighted by molar-refractivity contribution is -0.139. The third kappa shape index (κ3) is 3.34. The van der Waals surface area contributed by atoms with Crippen LogP contribution in [0.2, 0.25) is 0 Å². The fraction of sp³-hybridized carbons (Fsp3) is 0.583. The van der Waals surface area contributed by atoms with Crippen LogP contribution >= 0.6 is 15.9 Å². The van der Waals surface area contributed by atoms with Crippen molar-refractivity contribution in [1.29, 1.82) is 0 Å². The van der Waals surface area contributed by atoms with E-state index in [2.05, 4.69) is 32.8 Å². The molecule has 6 heteroatoms. The van der Waals surface area contributed by atoms with Gasteiger partial charge < -0.3 is 14.4 Å². The van der Waals surface area contributed by atoms with E-state index in [-0.39, 0.29) is 0 Å². The van der Waals surface area contributed by atoms with E-state index in [1.165, 1.54) is 0 Å². The van der Waals surface area contributed by atoms with Crippen molar-refractivity contribution in [3.63, 3.8) is 0 Å². The topological polar surface area (TPSA) is 56.9 Å². The van der Waals surface area contributed by atoms with Gasteiger partial charge in [0.15, 0.2) is 4.67 Å². The Morgan fingerprint density at radius 1 is 1.44 bits per heavy atom. The lowest BCUT2D eigenvalue weighted by Gasteiger charge is -2.33. The summed E-state index contributed by atoms with van der Waals surface area (Å²) in [4.78, 5) is 15.8. The van der Waals surface area contributed by atoms with E-state index in [0.29, 0.717) is 17.0 Å². The molecular weight excluding hydrogens is 300 g/mol. The molecule has 0 saturated carbocycles. The SMILES string of the molecule is CN1CCN(CC(C(=O)O)c2ccc(Br)o2)CC1. The number of piperazine rings is 1. The molecule has 1 unspecified atom stereocenters. The second-order valence-corrected chi connectivity index (χ2v) is 5.42. The number of halogens is 1. The molecule has 0 amide bonds. The molecule has 5 nitrogen and oxygen atoms in total. The lowest BCUT2D eigenvalue weighted by atomic mass is 10.1. The van der Waals surface area contributed by atoms with E-state index < -0.39 is 11.9 Å². The number of hydrogen-bond donors (Lipinski definition) is 1. The maximum atomic E-state index is 11.3. The van der Waals surface area contributed by atoms with Crippen molar-refractivity contribution in [3.05, 3.63) is 22.6 Å². The number of aliphatic carboxylic acids is 1. The zero-order valence-corrected chi connectivity index (χ0v) is 11.9. The molecule has 18 heavy (non-hydrogen) atoms. The van der Waals surface area contributed by atoms with Gasteiger partial charge in [0.2, 0.25) is 0 Å². The van der Waals surface area contributed by atoms with Gasteiger partial charge in [-0.25, -0.2) is 0 Å². The zero-order chi connectivity index (χ0) is 13.1. The van der Waals surface area contributed by atoms with Crippen LogP contribution in [0.5, 0.6) is 0 Å². The van der Waals surface area contributed by atoms with Crippen molar-refractivity contribution in [3.8, 4) is 0 Å². The number of carbonyl (C=O) groups is 1. The highest BCUT2D eigenvalue weighted by molar-refractivity contribution is 9.10. The van der Waals surface area contributed by atoms with E-state index in [1.54, 1.807) is 12.1 Å². The summed E-state index contributed by atoms with van der Waals surface area (Å²) in [6.45, 7) is 4.27. The van der Waals surface area contributed by atoms with Gasteiger partial charge >= 0.3 is 5.97 Å². The van der Waals surface area contributed by atoms with Crippen molar-refractivity contribution in [2.45, 2.75) is 5.92 Å². The number of likely N-dealkylation sites (N-methyl/N-ethyl adjacent to an activating group) is 1. The Balaban J connectivity index is 2.01. The summed E-state index contributed by atoms with van der Waals surface area (Å²) in [5.74, 6) is -0.927. The molecule has 2 rings (SSSR count). The quantitative estimate of drug-likeness (QED) is 0.911. The number of rotatable bonds is 4. The van der Waals surface area contributed by atoms with Crippen LogP contribution in [0.4, 0.5) is 0 Å². The monoisotopic (exact) mass is 316 g/mol. The van der Waals surface area contributed by atoms with Gasteiger partial charge in [0, 0.05) is 32.7 Å². The van der Waals surface area contributed by atoms with Gasteiger partial charge in [-0.15, -0.1) is 0 Å². The predicted octanol–water partition coefficient (Wildman–Crippen LogP) is 1.46. The molecule has 0 radical (unpaired) electrons. The number of hydrogen-bond acceptors (Lipinski definition) is 4. The molecule has 0 aromatic carbocycles. The highest BCUT2D eigenvalue weighted by Crippen LogP contribution is 2.23. The summed E-state index contributed by atoms with van der Waals surface area (Å²) in [7, 11) is 2.08. The van der Waals surface area contributed by atoms with Crippen LogP contribution in [0.3, 0.4) is 0 Å². The van der Waals surface area contributed by atoms with Crippen molar-refractivity contribution < 1.29 is 14.3 Å². The molecule has 1 aliphatic heterocycles. The Hall–Kier alpha value is -0.850. The first kappa shape index (κ1) is 13.6. The number of carboxylic acids is 1. The molecule has 1 fully saturated rings. The van der Waals surface area contributed by atoms with Crippen LogP contribution in [0, 0.1) is 0 Å². The third-order valence-corrected chi connectivity index (χ3v) is 3.70. The highest BCUT2D eigenvalue weighted by atomic mass is 79.9. The minimum atomic E-state index is -0.837. The van der Waals surface area contributed by atoms with Gasteiger partial charge in [0.25, 0.3) is 0 Å². The molecule has 0 aliphatic carbocycles. The van der Waals surface area contributed by atoms with Crippen LogP contribution in [0.15, 0.2) is 21.2 Å². The minimum Gasteiger partial charge on any atom is -0.481 e. The van der Waals surface area contributed by atoms with Crippen molar-refractivity contribution >= 4 is 21.9 Å². The summed E-state index contributed by atoms with van der Waals surface area (Å²) < 4.78 is 5.94. The van der Waals surface area contributed by atoms with Crippen LogP contribution in [0.25, 0.3) is 0 Å². The van der Waals surface area contributed by atoms with Crippen molar-refractivity contribution in [1.82, 2.24) is 9.80 Å². The maximum absolute atomic E-state index is 11.3. The molecule has 1 saturated heterocycles. The summed E-state index contributed by atoms with van der Waals surface area (Å²) >= 11 is 3.20. The Bertz CT molecular complexity index is 413. The van der Waals surface area contributed by atoms with Crippen LogP contribution < -0.4 is 0 Å². The molecule has 0 spiro atoms. The first-order valence-electron chi connectivity index (χ1n) is 5.95. The fourth-order valence-electron chi connectivity index (χ4n) is 2.09. The molecule has 1 aromatic rings. The van der Waals surface area contributed by atoms with E-state index in [0.717, 1.165) is 26.2 Å². The van der Waals surface area contributed by atoms with E-state index >= 15 is 0 Å². The van der Waals surface area contributed by atoms with Crippen molar-refractivity contribution in [2.24, 2.45) is 0 Å². The van der Waals surface area contributed by atoms with Gasteiger partial charge in [0.05, 0.1) is 0 Å². The average Bonchev–Trinajstić information content (AvgIpc) is 2.74. The second-order valence-electron chi connectivity index (χ2n) is 4.64. The lowest BCUT2D eigenvalue weighted by Crippen LogP contribution is -2.46. The maximum Gasteiger partial charge on any atom is 0.315 e. The second kappa shape index (κ2) is 5.86.